The quantitative estimate of drug-likeness (QED) is 0.714. The van der Waals surface area contributed by atoms with Crippen LogP contribution in [0.25, 0.3) is 0 Å². The van der Waals surface area contributed by atoms with E-state index in [0.717, 1.165) is 37.3 Å². The maximum atomic E-state index is 11.9. The molecule has 6 nitrogen and oxygen atoms in total. The first-order valence-corrected chi connectivity index (χ1v) is 7.48. The van der Waals surface area contributed by atoms with Crippen LogP contribution in [0.4, 0.5) is 4.79 Å². The van der Waals surface area contributed by atoms with E-state index in [1.54, 1.807) is 0 Å². The summed E-state index contributed by atoms with van der Waals surface area (Å²) in [6.07, 6.45) is 5.55. The zero-order chi connectivity index (χ0) is 15.5. The Labute approximate surface area is 126 Å². The fourth-order valence-corrected chi connectivity index (χ4v) is 2.60. The van der Waals surface area contributed by atoms with Gasteiger partial charge in [0, 0.05) is 19.1 Å². The summed E-state index contributed by atoms with van der Waals surface area (Å²) >= 11 is 0. The summed E-state index contributed by atoms with van der Waals surface area (Å²) in [5.41, 5.74) is 7.49. The third-order valence-corrected chi connectivity index (χ3v) is 3.46. The molecule has 2 aliphatic rings. The zero-order valence-electron chi connectivity index (χ0n) is 13.1. The van der Waals surface area contributed by atoms with E-state index in [4.69, 9.17) is 10.5 Å². The number of hydrogen-bond acceptors (Lipinski definition) is 5. The zero-order valence-corrected chi connectivity index (χ0v) is 13.1. The first kappa shape index (κ1) is 15.5. The molecule has 0 aliphatic carbocycles. The van der Waals surface area contributed by atoms with Crippen LogP contribution in [0.5, 0.6) is 0 Å². The van der Waals surface area contributed by atoms with Crippen molar-refractivity contribution in [1.82, 2.24) is 15.5 Å². The first-order chi connectivity index (χ1) is 9.85. The summed E-state index contributed by atoms with van der Waals surface area (Å²) in [5.74, 6) is 0. The van der Waals surface area contributed by atoms with E-state index in [9.17, 15) is 4.79 Å². The summed E-state index contributed by atoms with van der Waals surface area (Å²) in [6, 6.07) is 0.0946. The molecule has 0 saturated carbocycles. The van der Waals surface area contributed by atoms with Crippen LogP contribution in [0, 0.1) is 0 Å². The Morgan fingerprint density at radius 2 is 2.29 bits per heavy atom. The van der Waals surface area contributed by atoms with Crippen LogP contribution >= 0.6 is 0 Å². The summed E-state index contributed by atoms with van der Waals surface area (Å²) in [6.45, 7) is 8.00. The molecule has 0 spiro atoms. The van der Waals surface area contributed by atoms with Crippen molar-refractivity contribution >= 4 is 6.09 Å². The van der Waals surface area contributed by atoms with Crippen molar-refractivity contribution in [3.63, 3.8) is 0 Å². The van der Waals surface area contributed by atoms with E-state index in [1.807, 2.05) is 33.0 Å². The Morgan fingerprint density at radius 3 is 2.95 bits per heavy atom. The molecule has 0 bridgehead atoms. The molecule has 4 N–H and O–H groups in total. The van der Waals surface area contributed by atoms with Gasteiger partial charge in [-0.2, -0.15) is 0 Å². The summed E-state index contributed by atoms with van der Waals surface area (Å²) < 4.78 is 5.31. The number of allylic oxidation sites excluding steroid dienone is 1. The molecule has 1 saturated heterocycles. The second kappa shape index (κ2) is 6.28. The van der Waals surface area contributed by atoms with Gasteiger partial charge in [-0.05, 0) is 45.9 Å². The molecular weight excluding hydrogens is 268 g/mol. The molecule has 0 aromatic rings. The lowest BCUT2D eigenvalue weighted by Gasteiger charge is -2.37. The number of nitrogens with one attached hydrogen (secondary N) is 2. The number of carbonyl (C=O) groups is 1. The second-order valence-electron chi connectivity index (χ2n) is 6.56. The largest absolute Gasteiger partial charge is 0.444 e. The third kappa shape index (κ3) is 4.58. The topological polar surface area (TPSA) is 79.6 Å². The number of piperidine rings is 1. The summed E-state index contributed by atoms with van der Waals surface area (Å²) in [4.78, 5) is 14.1. The van der Waals surface area contributed by atoms with Gasteiger partial charge in [0.05, 0.1) is 17.9 Å². The van der Waals surface area contributed by atoms with Gasteiger partial charge in [0.25, 0.3) is 0 Å². The molecule has 0 aromatic heterocycles. The van der Waals surface area contributed by atoms with Gasteiger partial charge in [-0.25, -0.2) is 4.79 Å². The summed E-state index contributed by atoms with van der Waals surface area (Å²) in [5, 5.41) is 6.05. The molecule has 6 heteroatoms. The molecule has 0 unspecified atom stereocenters. The lowest BCUT2D eigenvalue weighted by molar-refractivity contribution is 0.0481. The van der Waals surface area contributed by atoms with Gasteiger partial charge in [-0.3, -0.25) is 0 Å². The number of hydrogen-bond donors (Lipinski definition) is 3. The van der Waals surface area contributed by atoms with Crippen molar-refractivity contribution in [2.24, 2.45) is 5.73 Å². The minimum atomic E-state index is -0.469. The van der Waals surface area contributed by atoms with Crippen LogP contribution in [-0.4, -0.2) is 42.3 Å². The van der Waals surface area contributed by atoms with E-state index >= 15 is 0 Å². The number of likely N-dealkylation sites (tertiary alicyclic amines) is 1. The molecular formula is C15H26N4O2. The maximum Gasteiger partial charge on any atom is 0.407 e. The molecule has 0 radical (unpaired) electrons. The van der Waals surface area contributed by atoms with Gasteiger partial charge in [-0.1, -0.05) is 0 Å². The third-order valence-electron chi connectivity index (χ3n) is 3.46. The smallest absolute Gasteiger partial charge is 0.407 e. The number of carbonyl (C=O) groups excluding carboxylic acids is 1. The van der Waals surface area contributed by atoms with Crippen molar-refractivity contribution in [3.8, 4) is 0 Å². The van der Waals surface area contributed by atoms with E-state index < -0.39 is 5.60 Å². The number of nitrogens with two attached hydrogens (primary N) is 1. The molecule has 2 rings (SSSR count). The minimum absolute atomic E-state index is 0.0946. The molecule has 2 heterocycles. The molecule has 1 fully saturated rings. The van der Waals surface area contributed by atoms with E-state index in [2.05, 4.69) is 15.5 Å². The van der Waals surface area contributed by atoms with Gasteiger partial charge in [-0.15, -0.1) is 0 Å². The highest BCUT2D eigenvalue weighted by Gasteiger charge is 2.25. The predicted octanol–water partition coefficient (Wildman–Crippen LogP) is 1.26. The van der Waals surface area contributed by atoms with Crippen LogP contribution in [0.3, 0.4) is 0 Å². The second-order valence-corrected chi connectivity index (χ2v) is 6.56. The van der Waals surface area contributed by atoms with Gasteiger partial charge in [0.1, 0.15) is 5.60 Å². The van der Waals surface area contributed by atoms with Crippen molar-refractivity contribution in [1.29, 1.82) is 0 Å². The highest BCUT2D eigenvalue weighted by Crippen LogP contribution is 2.19. The molecule has 118 valence electrons. The predicted molar refractivity (Wildman–Crippen MR) is 82.3 cm³/mol. The fraction of sp³-hybridized carbons (Fsp3) is 0.667. The molecule has 2 aliphatic heterocycles. The van der Waals surface area contributed by atoms with Gasteiger partial charge in [0.15, 0.2) is 0 Å². The lowest BCUT2D eigenvalue weighted by Crippen LogP contribution is -2.49. The monoisotopic (exact) mass is 294 g/mol. The van der Waals surface area contributed by atoms with Crippen molar-refractivity contribution in [2.45, 2.75) is 45.3 Å². The molecule has 0 aromatic carbocycles. The SMILES string of the molecule is CC(C)(C)OC(=O)N[C@H]1CCCN(C2=C(N)CNC=C2)C1. The lowest BCUT2D eigenvalue weighted by atomic mass is 10.0. The first-order valence-electron chi connectivity index (χ1n) is 7.48. The molecule has 1 atom stereocenters. The van der Waals surface area contributed by atoms with Crippen molar-refractivity contribution < 1.29 is 9.53 Å². The van der Waals surface area contributed by atoms with Crippen LogP contribution in [0.1, 0.15) is 33.6 Å². The number of rotatable bonds is 2. The highest BCUT2D eigenvalue weighted by molar-refractivity contribution is 5.68. The molecule has 1 amide bonds. The maximum absolute atomic E-state index is 11.9. The van der Waals surface area contributed by atoms with Gasteiger partial charge in [0.2, 0.25) is 0 Å². The summed E-state index contributed by atoms with van der Waals surface area (Å²) in [7, 11) is 0. The Hall–Kier alpha value is -1.85. The Bertz CT molecular complexity index is 451. The van der Waals surface area contributed by atoms with Gasteiger partial charge < -0.3 is 26.0 Å². The Kier molecular flexibility index (Phi) is 4.65. The normalized spacial score (nSPS) is 22.8. The van der Waals surface area contributed by atoms with Crippen LogP contribution < -0.4 is 16.4 Å². The van der Waals surface area contributed by atoms with Gasteiger partial charge >= 0.3 is 6.09 Å². The van der Waals surface area contributed by atoms with Crippen LogP contribution in [0.15, 0.2) is 23.7 Å². The van der Waals surface area contributed by atoms with E-state index in [-0.39, 0.29) is 12.1 Å². The van der Waals surface area contributed by atoms with Crippen molar-refractivity contribution in [3.05, 3.63) is 23.7 Å². The minimum Gasteiger partial charge on any atom is -0.444 e. The van der Waals surface area contributed by atoms with Crippen LogP contribution in [0.2, 0.25) is 0 Å². The highest BCUT2D eigenvalue weighted by atomic mass is 16.6. The number of nitrogens with zero attached hydrogens (tertiary/aromatic N) is 1. The van der Waals surface area contributed by atoms with E-state index in [0.29, 0.717) is 6.54 Å². The average Bonchev–Trinajstić information content (AvgIpc) is 2.37. The Morgan fingerprint density at radius 1 is 1.52 bits per heavy atom. The number of ether oxygens (including phenoxy) is 1. The van der Waals surface area contributed by atoms with E-state index in [1.165, 1.54) is 0 Å². The molecule has 21 heavy (non-hydrogen) atoms. The number of alkyl carbamates (subject to hydrolysis) is 1. The Balaban J connectivity index is 1.92. The average molecular weight is 294 g/mol. The van der Waals surface area contributed by atoms with Crippen molar-refractivity contribution in [2.75, 3.05) is 19.6 Å². The van der Waals surface area contributed by atoms with Crippen LogP contribution in [-0.2, 0) is 4.74 Å². The standard InChI is InChI=1S/C15H26N4O2/c1-15(2,3)21-14(20)18-11-5-4-8-19(10-11)13-6-7-17-9-12(13)16/h6-7,11,17H,4-5,8-10,16H2,1-3H3,(H,18,20)/t11-/m0/s1. The number of amides is 1. The fourth-order valence-electron chi connectivity index (χ4n) is 2.60. The number of dihydropyridines is 1.